The number of rotatable bonds is 6. The number of carboxylic acids is 1. The van der Waals surface area contributed by atoms with E-state index in [1.165, 1.54) is 0 Å². The molecule has 3 N–H and O–H groups in total. The number of amides is 2. The van der Waals surface area contributed by atoms with Gasteiger partial charge in [-0.15, -0.1) is 0 Å². The fraction of sp³-hybridized carbons (Fsp3) is 0.438. The first-order valence-electron chi connectivity index (χ1n) is 7.77. The summed E-state index contributed by atoms with van der Waals surface area (Å²) in [5.41, 5.74) is 1.59. The van der Waals surface area contributed by atoms with Crippen LogP contribution in [0.2, 0.25) is 0 Å². The summed E-state index contributed by atoms with van der Waals surface area (Å²) in [6.45, 7) is 6.98. The van der Waals surface area contributed by atoms with Gasteiger partial charge in [-0.25, -0.2) is 0 Å². The minimum atomic E-state index is -1.21. The smallest absolute Gasteiger partial charge is 0.312 e. The van der Waals surface area contributed by atoms with Crippen molar-refractivity contribution in [2.24, 2.45) is 0 Å². The van der Waals surface area contributed by atoms with Crippen molar-refractivity contribution in [3.63, 3.8) is 0 Å². The average Bonchev–Trinajstić information content (AvgIpc) is 2.50. The van der Waals surface area contributed by atoms with Crippen LogP contribution in [0, 0.1) is 0 Å². The molecule has 0 radical (unpaired) electrons. The molecule has 2 amide bonds. The maximum absolute atomic E-state index is 11.8. The van der Waals surface area contributed by atoms with Crippen molar-refractivity contribution >= 4 is 34.8 Å². The summed E-state index contributed by atoms with van der Waals surface area (Å²) in [7, 11) is 0. The molecule has 1 aromatic carbocycles. The van der Waals surface area contributed by atoms with Crippen LogP contribution in [0.5, 0.6) is 5.75 Å². The van der Waals surface area contributed by atoms with Crippen LogP contribution < -0.4 is 20.3 Å². The highest BCUT2D eigenvalue weighted by atomic mass is 16.5. The third-order valence-corrected chi connectivity index (χ3v) is 3.72. The zero-order valence-corrected chi connectivity index (χ0v) is 13.9. The Balaban J connectivity index is 2.42. The number of aliphatic carboxylic acids is 1. The Labute approximate surface area is 139 Å². The fourth-order valence-corrected chi connectivity index (χ4v) is 2.50. The van der Waals surface area contributed by atoms with Crippen LogP contribution in [0.15, 0.2) is 12.1 Å². The summed E-state index contributed by atoms with van der Waals surface area (Å²) in [5.74, 6) is -1.60. The van der Waals surface area contributed by atoms with Gasteiger partial charge in [0, 0.05) is 19.2 Å². The van der Waals surface area contributed by atoms with Gasteiger partial charge in [-0.2, -0.15) is 0 Å². The van der Waals surface area contributed by atoms with Gasteiger partial charge < -0.3 is 25.4 Å². The van der Waals surface area contributed by atoms with E-state index in [0.29, 0.717) is 35.9 Å². The highest BCUT2D eigenvalue weighted by molar-refractivity contribution is 6.05. The van der Waals surface area contributed by atoms with E-state index in [0.717, 1.165) is 0 Å². The number of ether oxygens (including phenoxy) is 1. The first kappa shape index (κ1) is 17.6. The maximum atomic E-state index is 11.8. The van der Waals surface area contributed by atoms with Crippen molar-refractivity contribution < 1.29 is 24.2 Å². The van der Waals surface area contributed by atoms with Gasteiger partial charge in [0.05, 0.1) is 17.1 Å². The Morgan fingerprint density at radius 1 is 1.33 bits per heavy atom. The topological polar surface area (TPSA) is 108 Å². The first-order valence-corrected chi connectivity index (χ1v) is 7.77. The van der Waals surface area contributed by atoms with Crippen molar-refractivity contribution in [2.75, 3.05) is 28.6 Å². The fourth-order valence-electron chi connectivity index (χ4n) is 2.50. The molecule has 0 saturated carbocycles. The minimum Gasteiger partial charge on any atom is -0.481 e. The van der Waals surface area contributed by atoms with Crippen molar-refractivity contribution in [3.8, 4) is 5.75 Å². The van der Waals surface area contributed by atoms with Gasteiger partial charge in [0.25, 0.3) is 5.91 Å². The summed E-state index contributed by atoms with van der Waals surface area (Å²) in [5, 5.41) is 14.1. The predicted molar refractivity (Wildman–Crippen MR) is 89.6 cm³/mol. The number of anilines is 3. The number of carbonyl (C=O) groups is 3. The SMILES string of the molecule is CCN(CC)c1cc2c(cc1NC(=O)CC(=O)O)NC(=O)C(C)O2. The number of benzene rings is 1. The second-order valence-electron chi connectivity index (χ2n) is 5.41. The van der Waals surface area contributed by atoms with E-state index in [2.05, 4.69) is 10.6 Å². The number of fused-ring (bicyclic) bond motifs is 1. The number of carboxylic acid groups (broad SMARTS) is 1. The molecule has 0 saturated heterocycles. The van der Waals surface area contributed by atoms with Crippen LogP contribution in [-0.4, -0.2) is 42.1 Å². The number of nitrogens with one attached hydrogen (secondary N) is 2. The molecule has 0 aromatic heterocycles. The van der Waals surface area contributed by atoms with Crippen molar-refractivity contribution in [2.45, 2.75) is 33.3 Å². The van der Waals surface area contributed by atoms with Crippen molar-refractivity contribution in [3.05, 3.63) is 12.1 Å². The van der Waals surface area contributed by atoms with Gasteiger partial charge in [0.1, 0.15) is 12.2 Å². The average molecular weight is 335 g/mol. The lowest BCUT2D eigenvalue weighted by atomic mass is 10.1. The van der Waals surface area contributed by atoms with Gasteiger partial charge >= 0.3 is 5.97 Å². The molecular formula is C16H21N3O5. The van der Waals surface area contributed by atoms with E-state index in [-0.39, 0.29) is 5.91 Å². The van der Waals surface area contributed by atoms with Crippen LogP contribution in [0.1, 0.15) is 27.2 Å². The zero-order valence-electron chi connectivity index (χ0n) is 13.9. The van der Waals surface area contributed by atoms with Gasteiger partial charge in [0.15, 0.2) is 6.10 Å². The van der Waals surface area contributed by atoms with E-state index in [9.17, 15) is 14.4 Å². The van der Waals surface area contributed by atoms with Crippen LogP contribution >= 0.6 is 0 Å². The quantitative estimate of drug-likeness (QED) is 0.683. The van der Waals surface area contributed by atoms with Crippen LogP contribution in [0.4, 0.5) is 17.1 Å². The number of carbonyl (C=O) groups excluding carboxylic acids is 2. The van der Waals surface area contributed by atoms with E-state index < -0.39 is 24.4 Å². The molecule has 1 atom stereocenters. The van der Waals surface area contributed by atoms with Crippen molar-refractivity contribution in [1.29, 1.82) is 0 Å². The number of hydrogen-bond donors (Lipinski definition) is 3. The Morgan fingerprint density at radius 2 is 2.00 bits per heavy atom. The van der Waals surface area contributed by atoms with Crippen molar-refractivity contribution in [1.82, 2.24) is 0 Å². The summed E-state index contributed by atoms with van der Waals surface area (Å²) in [6, 6.07) is 3.33. The van der Waals surface area contributed by atoms with Gasteiger partial charge in [-0.05, 0) is 26.8 Å². The monoisotopic (exact) mass is 335 g/mol. The van der Waals surface area contributed by atoms with Crippen LogP contribution in [0.25, 0.3) is 0 Å². The molecule has 8 nitrogen and oxygen atoms in total. The molecule has 0 aliphatic carbocycles. The molecule has 2 rings (SSSR count). The standard InChI is InChI=1S/C16H21N3O5/c1-4-19(5-2)12-7-13-11(18-16(23)9(3)24-13)6-10(12)17-14(20)8-15(21)22/h6-7,9H,4-5,8H2,1-3H3,(H,17,20)(H,18,23)(H,21,22). The molecule has 1 unspecified atom stereocenters. The molecular weight excluding hydrogens is 314 g/mol. The molecule has 1 aliphatic heterocycles. The number of hydrogen-bond acceptors (Lipinski definition) is 5. The molecule has 24 heavy (non-hydrogen) atoms. The summed E-state index contributed by atoms with van der Waals surface area (Å²) in [4.78, 5) is 36.3. The molecule has 0 spiro atoms. The molecule has 0 fully saturated rings. The zero-order chi connectivity index (χ0) is 17.9. The lowest BCUT2D eigenvalue weighted by Crippen LogP contribution is -2.35. The van der Waals surface area contributed by atoms with Crippen LogP contribution in [-0.2, 0) is 14.4 Å². The Kier molecular flexibility index (Phi) is 5.28. The van der Waals surface area contributed by atoms with E-state index in [1.807, 2.05) is 18.7 Å². The first-order chi connectivity index (χ1) is 11.3. The molecule has 1 aromatic rings. The molecule has 130 valence electrons. The second kappa shape index (κ2) is 7.20. The molecule has 0 bridgehead atoms. The lowest BCUT2D eigenvalue weighted by Gasteiger charge is -2.29. The molecule has 8 heteroatoms. The summed E-state index contributed by atoms with van der Waals surface area (Å²) >= 11 is 0. The number of nitrogens with zero attached hydrogens (tertiary/aromatic N) is 1. The minimum absolute atomic E-state index is 0.277. The van der Waals surface area contributed by atoms with E-state index in [1.54, 1.807) is 19.1 Å². The van der Waals surface area contributed by atoms with Crippen LogP contribution in [0.3, 0.4) is 0 Å². The third-order valence-electron chi connectivity index (χ3n) is 3.72. The van der Waals surface area contributed by atoms with E-state index >= 15 is 0 Å². The van der Waals surface area contributed by atoms with E-state index in [4.69, 9.17) is 9.84 Å². The molecule has 1 aliphatic rings. The highest BCUT2D eigenvalue weighted by Crippen LogP contribution is 2.39. The summed E-state index contributed by atoms with van der Waals surface area (Å²) < 4.78 is 5.60. The third kappa shape index (κ3) is 3.76. The Bertz CT molecular complexity index is 670. The Hall–Kier alpha value is -2.77. The lowest BCUT2D eigenvalue weighted by molar-refractivity contribution is -0.139. The Morgan fingerprint density at radius 3 is 2.58 bits per heavy atom. The van der Waals surface area contributed by atoms with Gasteiger partial charge in [-0.3, -0.25) is 14.4 Å². The maximum Gasteiger partial charge on any atom is 0.312 e. The van der Waals surface area contributed by atoms with Gasteiger partial charge in [0.2, 0.25) is 5.91 Å². The predicted octanol–water partition coefficient (Wildman–Crippen LogP) is 1.67. The van der Waals surface area contributed by atoms with Gasteiger partial charge in [-0.1, -0.05) is 0 Å². The second-order valence-corrected chi connectivity index (χ2v) is 5.41. The highest BCUT2D eigenvalue weighted by Gasteiger charge is 2.26. The normalized spacial score (nSPS) is 15.8. The summed E-state index contributed by atoms with van der Waals surface area (Å²) in [6.07, 6.45) is -1.23. The largest absolute Gasteiger partial charge is 0.481 e. The molecule has 1 heterocycles.